The first-order valence-electron chi connectivity index (χ1n) is 8.38. The molecule has 0 bridgehead atoms. The number of nitrogens with zero attached hydrogens (tertiary/aromatic N) is 3. The number of halogens is 1. The highest BCUT2D eigenvalue weighted by Crippen LogP contribution is 2.31. The second kappa shape index (κ2) is 7.26. The average Bonchev–Trinajstić information content (AvgIpc) is 2.76. The summed E-state index contributed by atoms with van der Waals surface area (Å²) in [7, 11) is 1.85. The molecule has 0 radical (unpaired) electrons. The van der Waals surface area contributed by atoms with Gasteiger partial charge in [0.1, 0.15) is 0 Å². The molecule has 6 heteroatoms. The highest BCUT2D eigenvalue weighted by molar-refractivity contribution is 6.30. The fourth-order valence-electron chi connectivity index (χ4n) is 3.29. The number of carbonyl (C=O) groups excluding carboxylic acids is 1. The Balaban J connectivity index is 1.82. The predicted octanol–water partition coefficient (Wildman–Crippen LogP) is 4.53. The van der Waals surface area contributed by atoms with Crippen LogP contribution in [-0.4, -0.2) is 27.3 Å². The minimum atomic E-state index is -0.0621. The SMILES string of the molecule is Cc1nn(C)cc1NC(=O)N1CCCCCC1c1ccc(Cl)cc1. The molecule has 1 unspecified atom stereocenters. The molecule has 1 fully saturated rings. The fourth-order valence-corrected chi connectivity index (χ4v) is 3.42. The summed E-state index contributed by atoms with van der Waals surface area (Å²) in [5, 5.41) is 8.02. The van der Waals surface area contributed by atoms with Crippen LogP contribution in [0.3, 0.4) is 0 Å². The van der Waals surface area contributed by atoms with Crippen molar-refractivity contribution in [3.05, 3.63) is 46.7 Å². The first kappa shape index (κ1) is 16.8. The van der Waals surface area contributed by atoms with E-state index in [1.54, 1.807) is 4.68 Å². The van der Waals surface area contributed by atoms with Gasteiger partial charge in [0.15, 0.2) is 0 Å². The largest absolute Gasteiger partial charge is 0.322 e. The number of anilines is 1. The van der Waals surface area contributed by atoms with Crippen LogP contribution in [0, 0.1) is 6.92 Å². The van der Waals surface area contributed by atoms with Crippen LogP contribution in [0.4, 0.5) is 10.5 Å². The summed E-state index contributed by atoms with van der Waals surface area (Å²) in [6, 6.07) is 7.85. The van der Waals surface area contributed by atoms with Gasteiger partial charge in [-0.05, 0) is 37.5 Å². The summed E-state index contributed by atoms with van der Waals surface area (Å²) in [6.45, 7) is 2.66. The number of rotatable bonds is 2. The maximum absolute atomic E-state index is 12.9. The van der Waals surface area contributed by atoms with E-state index >= 15 is 0 Å². The van der Waals surface area contributed by atoms with Gasteiger partial charge in [-0.25, -0.2) is 4.79 Å². The van der Waals surface area contributed by atoms with Crippen molar-refractivity contribution in [2.75, 3.05) is 11.9 Å². The standard InChI is InChI=1S/C18H23ClN4O/c1-13-16(12-22(2)21-13)20-18(24)23-11-5-3-4-6-17(23)14-7-9-15(19)10-8-14/h7-10,12,17H,3-6,11H2,1-2H3,(H,20,24). The van der Waals surface area contributed by atoms with Gasteiger partial charge in [-0.1, -0.05) is 36.6 Å². The van der Waals surface area contributed by atoms with Crippen molar-refractivity contribution in [1.82, 2.24) is 14.7 Å². The molecule has 2 aromatic rings. The Kier molecular flexibility index (Phi) is 5.09. The molecule has 24 heavy (non-hydrogen) atoms. The molecule has 1 aromatic carbocycles. The van der Waals surface area contributed by atoms with Gasteiger partial charge < -0.3 is 10.2 Å². The molecule has 128 valence electrons. The van der Waals surface area contributed by atoms with Crippen molar-refractivity contribution in [3.63, 3.8) is 0 Å². The lowest BCUT2D eigenvalue weighted by Gasteiger charge is -2.30. The molecule has 5 nitrogen and oxygen atoms in total. The van der Waals surface area contributed by atoms with Crippen LogP contribution in [-0.2, 0) is 7.05 Å². The Morgan fingerprint density at radius 1 is 1.25 bits per heavy atom. The first-order chi connectivity index (χ1) is 11.5. The third-order valence-corrected chi connectivity index (χ3v) is 4.78. The van der Waals surface area contributed by atoms with E-state index in [0.29, 0.717) is 5.02 Å². The summed E-state index contributed by atoms with van der Waals surface area (Å²) in [4.78, 5) is 14.8. The van der Waals surface area contributed by atoms with Crippen molar-refractivity contribution in [2.45, 2.75) is 38.6 Å². The van der Waals surface area contributed by atoms with E-state index in [9.17, 15) is 4.79 Å². The zero-order valence-corrected chi connectivity index (χ0v) is 14.9. The molecule has 0 saturated carbocycles. The molecule has 1 aromatic heterocycles. The van der Waals surface area contributed by atoms with Gasteiger partial charge >= 0.3 is 6.03 Å². The summed E-state index contributed by atoms with van der Waals surface area (Å²) in [5.41, 5.74) is 2.73. The Morgan fingerprint density at radius 3 is 2.67 bits per heavy atom. The van der Waals surface area contributed by atoms with E-state index in [1.807, 2.05) is 49.3 Å². The first-order valence-corrected chi connectivity index (χ1v) is 8.76. The van der Waals surface area contributed by atoms with Crippen LogP contribution < -0.4 is 5.32 Å². The maximum atomic E-state index is 12.9. The van der Waals surface area contributed by atoms with Crippen molar-refractivity contribution in [1.29, 1.82) is 0 Å². The second-order valence-corrected chi connectivity index (χ2v) is 6.78. The number of aryl methyl sites for hydroxylation is 2. The van der Waals surface area contributed by atoms with Gasteiger partial charge in [0.2, 0.25) is 0 Å². The molecule has 1 N–H and O–H groups in total. The van der Waals surface area contributed by atoms with Gasteiger partial charge in [-0.2, -0.15) is 5.10 Å². The number of aromatic nitrogens is 2. The number of carbonyl (C=O) groups is 1. The molecular weight excluding hydrogens is 324 g/mol. The Labute approximate surface area is 147 Å². The van der Waals surface area contributed by atoms with Crippen LogP contribution in [0.1, 0.15) is 43.0 Å². The van der Waals surface area contributed by atoms with Crippen LogP contribution >= 0.6 is 11.6 Å². The number of amides is 2. The number of benzene rings is 1. The van der Waals surface area contributed by atoms with Gasteiger partial charge in [-0.3, -0.25) is 4.68 Å². The molecule has 2 heterocycles. The highest BCUT2D eigenvalue weighted by atomic mass is 35.5. The van der Waals surface area contributed by atoms with Crippen molar-refractivity contribution >= 4 is 23.3 Å². The Hall–Kier alpha value is -2.01. The summed E-state index contributed by atoms with van der Waals surface area (Å²) >= 11 is 6.01. The third kappa shape index (κ3) is 3.73. The summed E-state index contributed by atoms with van der Waals surface area (Å²) < 4.78 is 1.71. The predicted molar refractivity (Wildman–Crippen MR) is 96.3 cm³/mol. The molecule has 0 aliphatic carbocycles. The lowest BCUT2D eigenvalue weighted by molar-refractivity contribution is 0.189. The molecule has 3 rings (SSSR count). The topological polar surface area (TPSA) is 50.2 Å². The van der Waals surface area contributed by atoms with E-state index < -0.39 is 0 Å². The number of hydrogen-bond donors (Lipinski definition) is 1. The van der Waals surface area contributed by atoms with Gasteiger partial charge in [0.25, 0.3) is 0 Å². The summed E-state index contributed by atoms with van der Waals surface area (Å²) in [5.74, 6) is 0. The second-order valence-electron chi connectivity index (χ2n) is 6.34. The lowest BCUT2D eigenvalue weighted by atomic mass is 10.0. The van der Waals surface area contributed by atoms with Crippen molar-refractivity contribution in [3.8, 4) is 0 Å². The van der Waals surface area contributed by atoms with E-state index in [2.05, 4.69) is 10.4 Å². The van der Waals surface area contributed by atoms with E-state index in [0.717, 1.165) is 49.2 Å². The zero-order valence-electron chi connectivity index (χ0n) is 14.1. The smallest absolute Gasteiger partial charge is 0.317 e. The average molecular weight is 347 g/mol. The van der Waals surface area contributed by atoms with Crippen LogP contribution in [0.5, 0.6) is 0 Å². The maximum Gasteiger partial charge on any atom is 0.322 e. The molecule has 1 aliphatic heterocycles. The van der Waals surface area contributed by atoms with Crippen molar-refractivity contribution in [2.24, 2.45) is 7.05 Å². The molecule has 2 amide bonds. The number of likely N-dealkylation sites (tertiary alicyclic amines) is 1. The zero-order chi connectivity index (χ0) is 17.1. The van der Waals surface area contributed by atoms with Gasteiger partial charge in [0.05, 0.1) is 17.4 Å². The van der Waals surface area contributed by atoms with Gasteiger partial charge in [-0.15, -0.1) is 0 Å². The van der Waals surface area contributed by atoms with E-state index in [1.165, 1.54) is 0 Å². The summed E-state index contributed by atoms with van der Waals surface area (Å²) in [6.07, 6.45) is 6.12. The van der Waals surface area contributed by atoms with Crippen LogP contribution in [0.15, 0.2) is 30.5 Å². The molecule has 0 spiro atoms. The molecule has 1 atom stereocenters. The highest BCUT2D eigenvalue weighted by Gasteiger charge is 2.27. The normalized spacial score (nSPS) is 18.3. The van der Waals surface area contributed by atoms with E-state index in [-0.39, 0.29) is 12.1 Å². The fraction of sp³-hybridized carbons (Fsp3) is 0.444. The number of nitrogens with one attached hydrogen (secondary N) is 1. The van der Waals surface area contributed by atoms with Crippen LogP contribution in [0.25, 0.3) is 0 Å². The van der Waals surface area contributed by atoms with Crippen molar-refractivity contribution < 1.29 is 4.79 Å². The third-order valence-electron chi connectivity index (χ3n) is 4.52. The van der Waals surface area contributed by atoms with E-state index in [4.69, 9.17) is 11.6 Å². The minimum absolute atomic E-state index is 0.0621. The number of urea groups is 1. The van der Waals surface area contributed by atoms with Crippen LogP contribution in [0.2, 0.25) is 5.02 Å². The Morgan fingerprint density at radius 2 is 2.00 bits per heavy atom. The van der Waals surface area contributed by atoms with Gasteiger partial charge in [0, 0.05) is 24.8 Å². The molecule has 1 saturated heterocycles. The molecule has 1 aliphatic rings. The molecular formula is C18H23ClN4O. The number of hydrogen-bond acceptors (Lipinski definition) is 2. The lowest BCUT2D eigenvalue weighted by Crippen LogP contribution is -2.38. The monoisotopic (exact) mass is 346 g/mol. The Bertz CT molecular complexity index is 710. The minimum Gasteiger partial charge on any atom is -0.317 e. The quantitative estimate of drug-likeness (QED) is 0.868.